The maximum Gasteiger partial charge on any atom is 0.271 e. The van der Waals surface area contributed by atoms with Gasteiger partial charge in [0.25, 0.3) is 5.91 Å². The van der Waals surface area contributed by atoms with Crippen molar-refractivity contribution in [1.82, 2.24) is 15.3 Å². The molecule has 1 aliphatic carbocycles. The highest BCUT2D eigenvalue weighted by Crippen LogP contribution is 2.26. The van der Waals surface area contributed by atoms with Crippen molar-refractivity contribution in [3.63, 3.8) is 0 Å². The quantitative estimate of drug-likeness (QED) is 0.927. The Labute approximate surface area is 116 Å². The second-order valence-corrected chi connectivity index (χ2v) is 5.95. The molecule has 0 radical (unpaired) electrons. The highest BCUT2D eigenvalue weighted by atomic mass is 35.5. The normalized spacial score (nSPS) is 23.7. The van der Waals surface area contributed by atoms with E-state index < -0.39 is 0 Å². The molecular formula is C12H16ClN3OS. The minimum atomic E-state index is -0.184. The zero-order valence-corrected chi connectivity index (χ0v) is 11.8. The molecule has 2 unspecified atom stereocenters. The third kappa shape index (κ3) is 3.59. The van der Waals surface area contributed by atoms with Crippen LogP contribution in [0.5, 0.6) is 0 Å². The summed E-state index contributed by atoms with van der Waals surface area (Å²) >= 11 is 7.59. The molecule has 1 aromatic rings. The number of hydrogen-bond donors (Lipinski definition) is 1. The third-order valence-corrected chi connectivity index (χ3v) is 4.41. The van der Waals surface area contributed by atoms with Crippen LogP contribution in [0, 0.1) is 0 Å². The largest absolute Gasteiger partial charge is 0.348 e. The first-order chi connectivity index (χ1) is 8.69. The van der Waals surface area contributed by atoms with Crippen LogP contribution in [-0.2, 0) is 0 Å². The highest BCUT2D eigenvalue weighted by molar-refractivity contribution is 7.99. The van der Waals surface area contributed by atoms with Crippen molar-refractivity contribution in [2.24, 2.45) is 0 Å². The molecule has 0 bridgehead atoms. The zero-order valence-electron chi connectivity index (χ0n) is 10.2. The van der Waals surface area contributed by atoms with E-state index in [1.54, 1.807) is 0 Å². The summed E-state index contributed by atoms with van der Waals surface area (Å²) < 4.78 is 0. The van der Waals surface area contributed by atoms with E-state index in [9.17, 15) is 4.79 Å². The van der Waals surface area contributed by atoms with Gasteiger partial charge < -0.3 is 5.32 Å². The summed E-state index contributed by atoms with van der Waals surface area (Å²) in [6.45, 7) is 0. The number of thioether (sulfide) groups is 1. The van der Waals surface area contributed by atoms with Crippen molar-refractivity contribution < 1.29 is 4.79 Å². The van der Waals surface area contributed by atoms with Crippen molar-refractivity contribution in [2.45, 2.75) is 37.0 Å². The first-order valence-corrected chi connectivity index (χ1v) is 7.67. The van der Waals surface area contributed by atoms with E-state index in [0.717, 1.165) is 19.3 Å². The number of hydrogen-bond acceptors (Lipinski definition) is 4. The SMILES string of the molecule is CSC1CCCC(NC(=O)c2cncc(Cl)n2)C1. The third-order valence-electron chi connectivity index (χ3n) is 3.13. The Kier molecular flexibility index (Phi) is 4.83. The first kappa shape index (κ1) is 13.6. The van der Waals surface area contributed by atoms with E-state index in [4.69, 9.17) is 11.6 Å². The summed E-state index contributed by atoms with van der Waals surface area (Å²) in [6, 6.07) is 0.240. The van der Waals surface area contributed by atoms with Gasteiger partial charge in [-0.2, -0.15) is 11.8 Å². The molecule has 18 heavy (non-hydrogen) atoms. The number of amides is 1. The molecule has 0 saturated heterocycles. The van der Waals surface area contributed by atoms with Crippen molar-refractivity contribution in [2.75, 3.05) is 6.26 Å². The lowest BCUT2D eigenvalue weighted by molar-refractivity contribution is 0.0923. The molecule has 98 valence electrons. The summed E-state index contributed by atoms with van der Waals surface area (Å²) in [7, 11) is 0. The van der Waals surface area contributed by atoms with Gasteiger partial charge in [-0.3, -0.25) is 9.78 Å². The Balaban J connectivity index is 1.95. The van der Waals surface area contributed by atoms with E-state index in [-0.39, 0.29) is 22.8 Å². The van der Waals surface area contributed by atoms with E-state index in [1.165, 1.54) is 18.8 Å². The topological polar surface area (TPSA) is 54.9 Å². The lowest BCUT2D eigenvalue weighted by Crippen LogP contribution is -2.39. The fourth-order valence-electron chi connectivity index (χ4n) is 2.20. The molecule has 0 aromatic carbocycles. The molecule has 1 aromatic heterocycles. The van der Waals surface area contributed by atoms with Crippen LogP contribution >= 0.6 is 23.4 Å². The highest BCUT2D eigenvalue weighted by Gasteiger charge is 2.23. The number of carbonyl (C=O) groups is 1. The second-order valence-electron chi connectivity index (χ2n) is 4.42. The molecule has 1 heterocycles. The molecule has 2 rings (SSSR count). The predicted octanol–water partition coefficient (Wildman–Crippen LogP) is 2.53. The Morgan fingerprint density at radius 2 is 2.33 bits per heavy atom. The Hall–Kier alpha value is -0.810. The van der Waals surface area contributed by atoms with Crippen molar-refractivity contribution in [3.05, 3.63) is 23.2 Å². The molecule has 1 saturated carbocycles. The van der Waals surface area contributed by atoms with Gasteiger partial charge in [-0.05, 0) is 25.5 Å². The number of carbonyl (C=O) groups excluding carboxylic acids is 1. The summed E-state index contributed by atoms with van der Waals surface area (Å²) in [5.41, 5.74) is 0.286. The van der Waals surface area contributed by atoms with Gasteiger partial charge in [0.05, 0.1) is 12.4 Å². The monoisotopic (exact) mass is 285 g/mol. The van der Waals surface area contributed by atoms with Crippen LogP contribution < -0.4 is 5.32 Å². The lowest BCUT2D eigenvalue weighted by Gasteiger charge is -2.28. The van der Waals surface area contributed by atoms with Gasteiger partial charge in [0.1, 0.15) is 10.8 Å². The molecule has 0 spiro atoms. The summed E-state index contributed by atoms with van der Waals surface area (Å²) in [5, 5.41) is 3.90. The summed E-state index contributed by atoms with van der Waals surface area (Å²) in [4.78, 5) is 19.8. The fraction of sp³-hybridized carbons (Fsp3) is 0.583. The van der Waals surface area contributed by atoms with Crippen molar-refractivity contribution in [1.29, 1.82) is 0 Å². The Morgan fingerprint density at radius 1 is 1.50 bits per heavy atom. The van der Waals surface area contributed by atoms with Crippen molar-refractivity contribution >= 4 is 29.3 Å². The van der Waals surface area contributed by atoms with E-state index in [0.29, 0.717) is 5.25 Å². The zero-order chi connectivity index (χ0) is 13.0. The summed E-state index contributed by atoms with van der Waals surface area (Å²) in [6.07, 6.45) is 9.45. The van der Waals surface area contributed by atoms with Crippen LogP contribution in [0.1, 0.15) is 36.2 Å². The van der Waals surface area contributed by atoms with Gasteiger partial charge in [-0.15, -0.1) is 0 Å². The Morgan fingerprint density at radius 3 is 3.06 bits per heavy atom. The minimum Gasteiger partial charge on any atom is -0.348 e. The number of halogens is 1. The van der Waals surface area contributed by atoms with Gasteiger partial charge in [0.15, 0.2) is 0 Å². The standard InChI is InChI=1S/C12H16ClN3OS/c1-18-9-4-2-3-8(5-9)15-12(17)10-6-14-7-11(13)16-10/h6-9H,2-5H2,1H3,(H,15,17). The summed E-state index contributed by atoms with van der Waals surface area (Å²) in [5.74, 6) is -0.184. The van der Waals surface area contributed by atoms with Gasteiger partial charge in [0, 0.05) is 11.3 Å². The number of nitrogens with zero attached hydrogens (tertiary/aromatic N) is 2. The van der Waals surface area contributed by atoms with E-state index in [1.807, 2.05) is 11.8 Å². The van der Waals surface area contributed by atoms with Crippen molar-refractivity contribution in [3.8, 4) is 0 Å². The second kappa shape index (κ2) is 6.38. The van der Waals surface area contributed by atoms with E-state index >= 15 is 0 Å². The van der Waals surface area contributed by atoms with Crippen LogP contribution in [0.4, 0.5) is 0 Å². The van der Waals surface area contributed by atoms with Crippen LogP contribution in [-0.4, -0.2) is 33.4 Å². The van der Waals surface area contributed by atoms with Crippen LogP contribution in [0.25, 0.3) is 0 Å². The van der Waals surface area contributed by atoms with Gasteiger partial charge in [0.2, 0.25) is 0 Å². The van der Waals surface area contributed by atoms with Crippen LogP contribution in [0.3, 0.4) is 0 Å². The van der Waals surface area contributed by atoms with Gasteiger partial charge in [-0.1, -0.05) is 18.0 Å². The molecule has 1 N–H and O–H groups in total. The molecule has 1 fully saturated rings. The van der Waals surface area contributed by atoms with Gasteiger partial charge in [-0.25, -0.2) is 4.98 Å². The van der Waals surface area contributed by atoms with E-state index in [2.05, 4.69) is 21.5 Å². The smallest absolute Gasteiger partial charge is 0.271 e. The average Bonchev–Trinajstić information content (AvgIpc) is 2.39. The number of nitrogens with one attached hydrogen (secondary N) is 1. The molecule has 1 amide bonds. The first-order valence-electron chi connectivity index (χ1n) is 6.00. The molecule has 0 aliphatic heterocycles. The molecule has 4 nitrogen and oxygen atoms in total. The maximum absolute atomic E-state index is 12.0. The Bertz CT molecular complexity index is 430. The van der Waals surface area contributed by atoms with Crippen LogP contribution in [0.2, 0.25) is 5.15 Å². The minimum absolute atomic E-state index is 0.184. The van der Waals surface area contributed by atoms with Gasteiger partial charge >= 0.3 is 0 Å². The average molecular weight is 286 g/mol. The molecule has 6 heteroatoms. The van der Waals surface area contributed by atoms with Crippen LogP contribution in [0.15, 0.2) is 12.4 Å². The number of aromatic nitrogens is 2. The predicted molar refractivity (Wildman–Crippen MR) is 74.1 cm³/mol. The maximum atomic E-state index is 12.0. The lowest BCUT2D eigenvalue weighted by atomic mass is 9.95. The fourth-order valence-corrected chi connectivity index (χ4v) is 3.18. The molecule has 1 aliphatic rings. The number of rotatable bonds is 3. The molecular weight excluding hydrogens is 270 g/mol. The molecule has 2 atom stereocenters.